The van der Waals surface area contributed by atoms with E-state index in [1.165, 1.54) is 33.5 Å². The topological polar surface area (TPSA) is 42.7 Å². The molecule has 0 amide bonds. The van der Waals surface area contributed by atoms with Crippen LogP contribution >= 0.6 is 0 Å². The number of pyridine rings is 1. The maximum Gasteiger partial charge on any atom is 0.284 e. The Morgan fingerprint density at radius 3 is 2.20 bits per heavy atom. The summed E-state index contributed by atoms with van der Waals surface area (Å²) in [5, 5.41) is 2.24. The quantitative estimate of drug-likeness (QED) is 0.286. The van der Waals surface area contributed by atoms with Crippen molar-refractivity contribution in [1.29, 1.82) is 0 Å². The van der Waals surface area contributed by atoms with E-state index in [1.807, 2.05) is 24.3 Å². The minimum absolute atomic E-state index is 0.688. The van der Waals surface area contributed by atoms with E-state index < -0.39 is 0 Å². The summed E-state index contributed by atoms with van der Waals surface area (Å²) in [5.74, 6) is 2.60. The predicted molar refractivity (Wildman–Crippen MR) is 141 cm³/mol. The van der Waals surface area contributed by atoms with E-state index in [-0.39, 0.29) is 0 Å². The monoisotopic (exact) mass is 467 g/mol. The van der Waals surface area contributed by atoms with Gasteiger partial charge in [-0.05, 0) is 65.3 Å². The number of ether oxygens (including phenoxy) is 2. The summed E-state index contributed by atoms with van der Waals surface area (Å²) < 4.78 is 13.7. The summed E-state index contributed by atoms with van der Waals surface area (Å²) in [4.78, 5) is 13.3. The molecule has 0 N–H and O–H groups in total. The Kier molecular flexibility index (Phi) is 5.72. The third-order valence-corrected chi connectivity index (χ3v) is 7.31. The summed E-state index contributed by atoms with van der Waals surface area (Å²) in [6, 6.07) is 16.6. The largest absolute Gasteiger partial charge is 0.493 e. The van der Waals surface area contributed by atoms with Gasteiger partial charge in [-0.2, -0.15) is 0 Å². The molecule has 5 rings (SSSR count). The van der Waals surface area contributed by atoms with Crippen LogP contribution in [0.3, 0.4) is 0 Å². The fourth-order valence-electron chi connectivity index (χ4n) is 5.41. The number of nitrogens with zero attached hydrogens (tertiary/aromatic N) is 2. The molecule has 0 spiro atoms. The van der Waals surface area contributed by atoms with Crippen LogP contribution in [0.4, 0.5) is 5.82 Å². The number of carbonyl (C=O) groups excluding carboxylic acids is 1. The van der Waals surface area contributed by atoms with Gasteiger partial charge in [-0.15, -0.1) is 0 Å². The SMILES string of the molecule is COc1cc2cc3[n+](c(N(C)C)c2cc1OC)CCc1c-3cc(-c2ccc(C=O)cc2)c(C)c1C. The van der Waals surface area contributed by atoms with E-state index >= 15 is 0 Å². The summed E-state index contributed by atoms with van der Waals surface area (Å²) in [6.45, 7) is 5.34. The maximum absolute atomic E-state index is 11.2. The van der Waals surface area contributed by atoms with Gasteiger partial charge in [-0.1, -0.05) is 24.3 Å². The van der Waals surface area contributed by atoms with Gasteiger partial charge >= 0.3 is 0 Å². The van der Waals surface area contributed by atoms with Crippen LogP contribution in [-0.2, 0) is 13.0 Å². The van der Waals surface area contributed by atoms with Gasteiger partial charge in [-0.25, -0.2) is 4.57 Å². The molecular weight excluding hydrogens is 436 g/mol. The van der Waals surface area contributed by atoms with Crippen LogP contribution in [0, 0.1) is 13.8 Å². The third-order valence-electron chi connectivity index (χ3n) is 7.31. The molecule has 0 fully saturated rings. The number of anilines is 1. The van der Waals surface area contributed by atoms with E-state index in [1.54, 1.807) is 14.2 Å². The van der Waals surface area contributed by atoms with E-state index in [9.17, 15) is 4.79 Å². The number of fused-ring (bicyclic) bond motifs is 4. The Morgan fingerprint density at radius 2 is 1.57 bits per heavy atom. The van der Waals surface area contributed by atoms with E-state index in [0.29, 0.717) is 5.56 Å². The minimum atomic E-state index is 0.688. The Morgan fingerprint density at radius 1 is 0.886 bits per heavy atom. The van der Waals surface area contributed by atoms with Crippen molar-refractivity contribution in [3.8, 4) is 33.9 Å². The first-order chi connectivity index (χ1) is 16.9. The van der Waals surface area contributed by atoms with Gasteiger partial charge in [0.1, 0.15) is 12.0 Å². The second-order valence-electron chi connectivity index (χ2n) is 9.38. The molecule has 0 saturated carbocycles. The molecule has 178 valence electrons. The number of methoxy groups -OCH3 is 2. The molecule has 1 aliphatic heterocycles. The lowest BCUT2D eigenvalue weighted by molar-refractivity contribution is -0.674. The molecule has 0 atom stereocenters. The molecule has 4 aromatic rings. The fraction of sp³-hybridized carbons (Fsp3) is 0.267. The zero-order chi connectivity index (χ0) is 24.9. The highest BCUT2D eigenvalue weighted by Crippen LogP contribution is 2.41. The first-order valence-electron chi connectivity index (χ1n) is 11.9. The number of aromatic nitrogens is 1. The van der Waals surface area contributed by atoms with Gasteiger partial charge in [0.25, 0.3) is 5.82 Å². The first-order valence-corrected chi connectivity index (χ1v) is 11.9. The van der Waals surface area contributed by atoms with Crippen LogP contribution in [0.15, 0.2) is 48.5 Å². The summed E-state index contributed by atoms with van der Waals surface area (Å²) in [5.41, 5.74) is 9.49. The molecule has 35 heavy (non-hydrogen) atoms. The van der Waals surface area contributed by atoms with Crippen LogP contribution in [0.25, 0.3) is 33.2 Å². The number of hydrogen-bond donors (Lipinski definition) is 0. The molecule has 2 heterocycles. The maximum atomic E-state index is 11.2. The zero-order valence-corrected chi connectivity index (χ0v) is 21.2. The highest BCUT2D eigenvalue weighted by atomic mass is 16.5. The minimum Gasteiger partial charge on any atom is -0.493 e. The van der Waals surface area contributed by atoms with E-state index in [4.69, 9.17) is 9.47 Å². The van der Waals surface area contributed by atoms with E-state index in [0.717, 1.165) is 52.9 Å². The first kappa shape index (κ1) is 22.9. The van der Waals surface area contributed by atoms with Crippen molar-refractivity contribution in [1.82, 2.24) is 0 Å². The van der Waals surface area contributed by atoms with Crippen molar-refractivity contribution in [3.63, 3.8) is 0 Å². The van der Waals surface area contributed by atoms with Crippen LogP contribution in [0.5, 0.6) is 11.5 Å². The van der Waals surface area contributed by atoms with Crippen molar-refractivity contribution in [3.05, 3.63) is 70.8 Å². The van der Waals surface area contributed by atoms with Crippen LogP contribution in [-0.4, -0.2) is 34.6 Å². The highest BCUT2D eigenvalue weighted by molar-refractivity contribution is 5.96. The van der Waals surface area contributed by atoms with E-state index in [2.05, 4.69) is 61.7 Å². The van der Waals surface area contributed by atoms with Gasteiger partial charge in [0.2, 0.25) is 0 Å². The number of aldehydes is 1. The normalized spacial score (nSPS) is 12.2. The summed E-state index contributed by atoms with van der Waals surface area (Å²) >= 11 is 0. The molecule has 3 aromatic carbocycles. The second kappa shape index (κ2) is 8.73. The molecule has 0 unspecified atom stereocenters. The lowest BCUT2D eigenvalue weighted by Crippen LogP contribution is -2.45. The Labute approximate surface area is 206 Å². The number of carbonyl (C=O) groups is 1. The molecule has 0 radical (unpaired) electrons. The molecule has 0 aliphatic carbocycles. The molecular formula is C30H31N2O3+. The lowest BCUT2D eigenvalue weighted by atomic mass is 9.85. The second-order valence-corrected chi connectivity index (χ2v) is 9.38. The van der Waals surface area contributed by atoms with Crippen molar-refractivity contribution in [2.75, 3.05) is 33.2 Å². The van der Waals surface area contributed by atoms with Crippen LogP contribution < -0.4 is 18.9 Å². The average molecular weight is 468 g/mol. The van der Waals surface area contributed by atoms with Gasteiger partial charge < -0.3 is 9.47 Å². The summed E-state index contributed by atoms with van der Waals surface area (Å²) in [6.07, 6.45) is 1.86. The standard InChI is InChI=1S/C30H31N2O3/c1-18-19(2)24(21-9-7-20(17-33)8-10-21)15-26-23(18)11-12-32-27(26)13-22-14-28(34-5)29(35-6)16-25(22)30(32)31(3)4/h7-10,13-17H,11-12H2,1-6H3/q+1. The van der Waals surface area contributed by atoms with Crippen molar-refractivity contribution in [2.24, 2.45) is 0 Å². The average Bonchev–Trinajstić information content (AvgIpc) is 2.88. The van der Waals surface area contributed by atoms with Crippen molar-refractivity contribution in [2.45, 2.75) is 26.8 Å². The number of benzene rings is 3. The third kappa shape index (κ3) is 3.63. The Hall–Kier alpha value is -3.86. The fourth-order valence-corrected chi connectivity index (χ4v) is 5.41. The van der Waals surface area contributed by atoms with Crippen molar-refractivity contribution >= 4 is 22.9 Å². The Balaban J connectivity index is 1.81. The van der Waals surface area contributed by atoms with Crippen molar-refractivity contribution < 1.29 is 18.8 Å². The zero-order valence-electron chi connectivity index (χ0n) is 21.2. The Bertz CT molecular complexity index is 1470. The number of rotatable bonds is 5. The van der Waals surface area contributed by atoms with Crippen LogP contribution in [0.1, 0.15) is 27.0 Å². The predicted octanol–water partition coefficient (Wildman–Crippen LogP) is 5.53. The van der Waals surface area contributed by atoms with Gasteiger partial charge in [0, 0.05) is 23.6 Å². The molecule has 5 heteroatoms. The van der Waals surface area contributed by atoms with Gasteiger partial charge in [-0.3, -0.25) is 9.69 Å². The smallest absolute Gasteiger partial charge is 0.284 e. The molecule has 5 nitrogen and oxygen atoms in total. The van der Waals surface area contributed by atoms with Gasteiger partial charge in [0.15, 0.2) is 11.5 Å². The molecule has 0 saturated heterocycles. The number of hydrogen-bond acceptors (Lipinski definition) is 4. The van der Waals surface area contributed by atoms with Gasteiger partial charge in [0.05, 0.1) is 40.2 Å². The molecule has 0 bridgehead atoms. The summed E-state index contributed by atoms with van der Waals surface area (Å²) in [7, 11) is 7.53. The van der Waals surface area contributed by atoms with Crippen LogP contribution in [0.2, 0.25) is 0 Å². The molecule has 1 aliphatic rings. The highest BCUT2D eigenvalue weighted by Gasteiger charge is 2.30. The lowest BCUT2D eigenvalue weighted by Gasteiger charge is -2.26. The molecule has 1 aromatic heterocycles.